The van der Waals surface area contributed by atoms with Crippen molar-refractivity contribution in [1.29, 1.82) is 0 Å². The van der Waals surface area contributed by atoms with Crippen molar-refractivity contribution in [1.82, 2.24) is 5.32 Å². The Hall–Kier alpha value is -1.55. The van der Waals surface area contributed by atoms with Crippen molar-refractivity contribution in [2.45, 2.75) is 13.8 Å². The zero-order chi connectivity index (χ0) is 13.7. The Labute approximate surface area is 109 Å². The summed E-state index contributed by atoms with van der Waals surface area (Å²) >= 11 is 0. The highest BCUT2D eigenvalue weighted by Gasteiger charge is 2.18. The maximum Gasteiger partial charge on any atom is 0.226 e. The number of carbonyl (C=O) groups is 1. The van der Waals surface area contributed by atoms with E-state index in [9.17, 15) is 9.90 Å². The van der Waals surface area contributed by atoms with Crippen LogP contribution in [0.3, 0.4) is 0 Å². The highest BCUT2D eigenvalue weighted by atomic mass is 16.3. The number of nitrogens with one attached hydrogen (secondary N) is 1. The van der Waals surface area contributed by atoms with Crippen molar-refractivity contribution in [3.05, 3.63) is 29.3 Å². The van der Waals surface area contributed by atoms with E-state index in [4.69, 9.17) is 0 Å². The van der Waals surface area contributed by atoms with Gasteiger partial charge in [-0.25, -0.2) is 0 Å². The molecule has 0 aromatic heterocycles. The van der Waals surface area contributed by atoms with E-state index in [1.807, 2.05) is 25.8 Å². The van der Waals surface area contributed by atoms with Gasteiger partial charge >= 0.3 is 0 Å². The van der Waals surface area contributed by atoms with E-state index in [0.717, 1.165) is 5.69 Å². The molecule has 0 fully saturated rings. The molecule has 0 bridgehead atoms. The number of rotatable bonds is 5. The average Bonchev–Trinajstić information content (AvgIpc) is 2.33. The van der Waals surface area contributed by atoms with Gasteiger partial charge in [0.2, 0.25) is 5.91 Å². The van der Waals surface area contributed by atoms with Crippen LogP contribution in [0.2, 0.25) is 0 Å². The molecule has 1 amide bonds. The summed E-state index contributed by atoms with van der Waals surface area (Å²) < 4.78 is 0. The number of aliphatic hydroxyl groups excluding tert-OH is 1. The molecule has 1 unspecified atom stereocenters. The van der Waals surface area contributed by atoms with E-state index in [0.29, 0.717) is 6.54 Å². The monoisotopic (exact) mass is 250 g/mol. The molecular formula is C14H22N2O2. The van der Waals surface area contributed by atoms with Crippen LogP contribution in [0.25, 0.3) is 0 Å². The molecule has 0 saturated carbocycles. The van der Waals surface area contributed by atoms with Gasteiger partial charge in [0.05, 0.1) is 12.5 Å². The van der Waals surface area contributed by atoms with Crippen molar-refractivity contribution in [2.75, 3.05) is 32.1 Å². The molecule has 0 aliphatic rings. The molecule has 4 heteroatoms. The highest BCUT2D eigenvalue weighted by molar-refractivity contribution is 5.79. The largest absolute Gasteiger partial charge is 0.395 e. The molecule has 2 N–H and O–H groups in total. The number of anilines is 1. The van der Waals surface area contributed by atoms with Gasteiger partial charge in [0.1, 0.15) is 0 Å². The molecule has 4 nitrogen and oxygen atoms in total. The Bertz CT molecular complexity index is 398. The van der Waals surface area contributed by atoms with Crippen molar-refractivity contribution in [3.8, 4) is 0 Å². The standard InChI is InChI=1S/C14H22N2O2/c1-10-5-11(2)7-13(6-10)16(4)8-12(9-17)14(18)15-3/h5-7,12,17H,8-9H2,1-4H3,(H,15,18). The lowest BCUT2D eigenvalue weighted by Gasteiger charge is -2.24. The van der Waals surface area contributed by atoms with Crippen LogP contribution in [0.15, 0.2) is 18.2 Å². The maximum absolute atomic E-state index is 11.5. The molecule has 100 valence electrons. The van der Waals surface area contributed by atoms with Crippen LogP contribution in [0.4, 0.5) is 5.69 Å². The van der Waals surface area contributed by atoms with Crippen LogP contribution in [0.5, 0.6) is 0 Å². The minimum atomic E-state index is -0.402. The fourth-order valence-corrected chi connectivity index (χ4v) is 2.03. The number of amides is 1. The fourth-order valence-electron chi connectivity index (χ4n) is 2.03. The zero-order valence-electron chi connectivity index (χ0n) is 11.5. The summed E-state index contributed by atoms with van der Waals surface area (Å²) in [5.74, 6) is -0.533. The lowest BCUT2D eigenvalue weighted by molar-refractivity contribution is -0.125. The molecule has 0 aliphatic heterocycles. The summed E-state index contributed by atoms with van der Waals surface area (Å²) in [5, 5.41) is 11.8. The Balaban J connectivity index is 2.80. The fraction of sp³-hybridized carbons (Fsp3) is 0.500. The number of benzene rings is 1. The predicted molar refractivity (Wildman–Crippen MR) is 73.8 cm³/mol. The number of nitrogens with zero attached hydrogens (tertiary/aromatic N) is 1. The van der Waals surface area contributed by atoms with Crippen molar-refractivity contribution in [3.63, 3.8) is 0 Å². The maximum atomic E-state index is 11.5. The molecular weight excluding hydrogens is 228 g/mol. The van der Waals surface area contributed by atoms with E-state index in [1.54, 1.807) is 7.05 Å². The second-order valence-electron chi connectivity index (χ2n) is 4.72. The molecule has 0 radical (unpaired) electrons. The summed E-state index contributed by atoms with van der Waals surface area (Å²) in [4.78, 5) is 13.5. The smallest absolute Gasteiger partial charge is 0.226 e. The topological polar surface area (TPSA) is 52.6 Å². The van der Waals surface area contributed by atoms with Crippen LogP contribution < -0.4 is 10.2 Å². The van der Waals surface area contributed by atoms with Gasteiger partial charge in [-0.05, 0) is 37.1 Å². The van der Waals surface area contributed by atoms with Crippen LogP contribution >= 0.6 is 0 Å². The summed E-state index contributed by atoms with van der Waals surface area (Å²) in [6.07, 6.45) is 0. The van der Waals surface area contributed by atoms with Gasteiger partial charge in [0, 0.05) is 26.3 Å². The second kappa shape index (κ2) is 6.40. The first-order chi connectivity index (χ1) is 8.47. The van der Waals surface area contributed by atoms with Crippen molar-refractivity contribution >= 4 is 11.6 Å². The highest BCUT2D eigenvalue weighted by Crippen LogP contribution is 2.18. The van der Waals surface area contributed by atoms with Gasteiger partial charge in [0.25, 0.3) is 0 Å². The van der Waals surface area contributed by atoms with E-state index >= 15 is 0 Å². The van der Waals surface area contributed by atoms with E-state index in [1.165, 1.54) is 11.1 Å². The Morgan fingerprint density at radius 1 is 1.33 bits per heavy atom. The molecule has 1 aromatic rings. The average molecular weight is 250 g/mol. The van der Waals surface area contributed by atoms with Crippen LogP contribution in [0.1, 0.15) is 11.1 Å². The van der Waals surface area contributed by atoms with Gasteiger partial charge in [0.15, 0.2) is 0 Å². The minimum Gasteiger partial charge on any atom is -0.395 e. The van der Waals surface area contributed by atoms with Crippen LogP contribution in [0, 0.1) is 19.8 Å². The number of aryl methyl sites for hydroxylation is 2. The predicted octanol–water partition coefficient (Wildman–Crippen LogP) is 1.09. The lowest BCUT2D eigenvalue weighted by atomic mass is 10.1. The normalized spacial score (nSPS) is 12.1. The van der Waals surface area contributed by atoms with Crippen LogP contribution in [-0.4, -0.2) is 38.3 Å². The Morgan fingerprint density at radius 3 is 2.33 bits per heavy atom. The molecule has 1 atom stereocenters. The third kappa shape index (κ3) is 3.74. The molecule has 0 spiro atoms. The number of hydrogen-bond acceptors (Lipinski definition) is 3. The van der Waals surface area contributed by atoms with Crippen LogP contribution in [-0.2, 0) is 4.79 Å². The third-order valence-electron chi connectivity index (χ3n) is 2.98. The molecule has 0 saturated heterocycles. The Kier molecular flexibility index (Phi) is 5.16. The summed E-state index contributed by atoms with van der Waals surface area (Å²) in [6.45, 7) is 4.45. The summed E-state index contributed by atoms with van der Waals surface area (Å²) in [5.41, 5.74) is 3.45. The summed E-state index contributed by atoms with van der Waals surface area (Å²) in [7, 11) is 3.52. The first kappa shape index (κ1) is 14.5. The van der Waals surface area contributed by atoms with Gasteiger partial charge in [-0.1, -0.05) is 6.07 Å². The molecule has 1 aromatic carbocycles. The quantitative estimate of drug-likeness (QED) is 0.822. The lowest BCUT2D eigenvalue weighted by Crippen LogP contribution is -2.38. The first-order valence-electron chi connectivity index (χ1n) is 6.09. The Morgan fingerprint density at radius 2 is 1.89 bits per heavy atom. The molecule has 0 aliphatic carbocycles. The van der Waals surface area contributed by atoms with Gasteiger partial charge in [-0.3, -0.25) is 4.79 Å². The van der Waals surface area contributed by atoms with Crippen molar-refractivity contribution in [2.24, 2.45) is 5.92 Å². The third-order valence-corrected chi connectivity index (χ3v) is 2.98. The zero-order valence-corrected chi connectivity index (χ0v) is 11.5. The number of hydrogen-bond donors (Lipinski definition) is 2. The van der Waals surface area contributed by atoms with E-state index in [2.05, 4.69) is 23.5 Å². The van der Waals surface area contributed by atoms with E-state index < -0.39 is 5.92 Å². The molecule has 0 heterocycles. The second-order valence-corrected chi connectivity index (χ2v) is 4.72. The molecule has 1 rings (SSSR count). The van der Waals surface area contributed by atoms with Gasteiger partial charge in [-0.15, -0.1) is 0 Å². The number of carbonyl (C=O) groups excluding carboxylic acids is 1. The molecule has 18 heavy (non-hydrogen) atoms. The van der Waals surface area contributed by atoms with E-state index in [-0.39, 0.29) is 12.5 Å². The summed E-state index contributed by atoms with van der Waals surface area (Å²) in [6, 6.07) is 6.26. The first-order valence-corrected chi connectivity index (χ1v) is 6.09. The van der Waals surface area contributed by atoms with Gasteiger partial charge < -0.3 is 15.3 Å². The minimum absolute atomic E-state index is 0.131. The van der Waals surface area contributed by atoms with Gasteiger partial charge in [-0.2, -0.15) is 0 Å². The number of aliphatic hydroxyl groups is 1. The SMILES string of the molecule is CNC(=O)C(CO)CN(C)c1cc(C)cc(C)c1. The van der Waals surface area contributed by atoms with Crippen molar-refractivity contribution < 1.29 is 9.90 Å².